The molecule has 0 spiro atoms. The number of carbonyl (C=O) groups excluding carboxylic acids is 1. The van der Waals surface area contributed by atoms with Crippen LogP contribution in [0.5, 0.6) is 0 Å². The average Bonchev–Trinajstić information content (AvgIpc) is 2.68. The maximum absolute atomic E-state index is 10.5. The lowest BCUT2D eigenvalue weighted by molar-refractivity contribution is -0.117. The molecule has 0 unspecified atom stereocenters. The van der Waals surface area contributed by atoms with Crippen molar-refractivity contribution in [1.82, 2.24) is 15.1 Å². The van der Waals surface area contributed by atoms with Crippen molar-refractivity contribution < 1.29 is 4.79 Å². The molecule has 1 amide bonds. The van der Waals surface area contributed by atoms with Gasteiger partial charge in [-0.25, -0.2) is 0 Å². The third kappa shape index (κ3) is 3.71. The molecule has 5 nitrogen and oxygen atoms in total. The lowest BCUT2D eigenvalue weighted by atomic mass is 10.1. The maximum Gasteiger partial charge on any atom is 0.218 e. The number of nitrogens with two attached hydrogens (primary N) is 1. The van der Waals surface area contributed by atoms with Gasteiger partial charge in [0.05, 0.1) is 6.04 Å². The molecule has 2 atom stereocenters. The Hall–Kier alpha value is -1.36. The third-order valence-corrected chi connectivity index (χ3v) is 2.50. The number of hydrogen-bond donors (Lipinski definition) is 2. The molecular weight excluding hydrogens is 192 g/mol. The fourth-order valence-corrected chi connectivity index (χ4v) is 1.34. The van der Waals surface area contributed by atoms with E-state index in [2.05, 4.69) is 24.3 Å². The van der Waals surface area contributed by atoms with Crippen LogP contribution < -0.4 is 11.1 Å². The van der Waals surface area contributed by atoms with Gasteiger partial charge < -0.3 is 11.1 Å². The second-order valence-electron chi connectivity index (χ2n) is 3.69. The standard InChI is InChI=1S/C10H18N4O/c1-8(12-6-4-10(11)15)9(2)14-7-3-5-13-14/h3,5,7-9,12H,4,6H2,1-2H3,(H2,11,15)/t8-,9-/m0/s1. The summed E-state index contributed by atoms with van der Waals surface area (Å²) in [5.74, 6) is -0.276. The smallest absolute Gasteiger partial charge is 0.218 e. The topological polar surface area (TPSA) is 72.9 Å². The van der Waals surface area contributed by atoms with E-state index in [0.717, 1.165) is 0 Å². The van der Waals surface area contributed by atoms with Crippen LogP contribution >= 0.6 is 0 Å². The molecule has 0 aliphatic heterocycles. The fourth-order valence-electron chi connectivity index (χ4n) is 1.34. The Balaban J connectivity index is 2.33. The molecule has 5 heteroatoms. The van der Waals surface area contributed by atoms with Gasteiger partial charge >= 0.3 is 0 Å². The van der Waals surface area contributed by atoms with Gasteiger partial charge in [-0.3, -0.25) is 9.48 Å². The van der Waals surface area contributed by atoms with Gasteiger partial charge in [0, 0.05) is 31.4 Å². The maximum atomic E-state index is 10.5. The Morgan fingerprint density at radius 3 is 2.87 bits per heavy atom. The second-order valence-corrected chi connectivity index (χ2v) is 3.69. The minimum Gasteiger partial charge on any atom is -0.370 e. The summed E-state index contributed by atoms with van der Waals surface area (Å²) >= 11 is 0. The van der Waals surface area contributed by atoms with Gasteiger partial charge in [-0.1, -0.05) is 0 Å². The number of aromatic nitrogens is 2. The summed E-state index contributed by atoms with van der Waals surface area (Å²) in [6.07, 6.45) is 4.06. The van der Waals surface area contributed by atoms with Crippen molar-refractivity contribution in [3.63, 3.8) is 0 Å². The number of hydrogen-bond acceptors (Lipinski definition) is 3. The van der Waals surface area contributed by atoms with Crippen LogP contribution in [0.15, 0.2) is 18.5 Å². The van der Waals surface area contributed by atoms with Gasteiger partial charge in [0.1, 0.15) is 0 Å². The summed E-state index contributed by atoms with van der Waals surface area (Å²) < 4.78 is 1.89. The summed E-state index contributed by atoms with van der Waals surface area (Å²) in [5, 5.41) is 7.41. The van der Waals surface area contributed by atoms with E-state index in [1.54, 1.807) is 6.20 Å². The van der Waals surface area contributed by atoms with E-state index in [1.165, 1.54) is 0 Å². The second kappa shape index (κ2) is 5.50. The van der Waals surface area contributed by atoms with E-state index < -0.39 is 0 Å². The molecule has 15 heavy (non-hydrogen) atoms. The van der Waals surface area contributed by atoms with E-state index in [9.17, 15) is 4.79 Å². The molecule has 3 N–H and O–H groups in total. The SMILES string of the molecule is C[C@H](NCCC(N)=O)[C@H](C)n1cccn1. The van der Waals surface area contributed by atoms with Crippen molar-refractivity contribution >= 4 is 5.91 Å². The number of primary amides is 1. The van der Waals surface area contributed by atoms with Crippen molar-refractivity contribution in [3.05, 3.63) is 18.5 Å². The first-order valence-electron chi connectivity index (χ1n) is 5.12. The lowest BCUT2D eigenvalue weighted by Gasteiger charge is -2.21. The molecule has 0 saturated carbocycles. The molecule has 0 aromatic carbocycles. The van der Waals surface area contributed by atoms with Crippen LogP contribution in [0, 0.1) is 0 Å². The van der Waals surface area contributed by atoms with Crippen LogP contribution in [0.25, 0.3) is 0 Å². The van der Waals surface area contributed by atoms with Crippen LogP contribution in [0.3, 0.4) is 0 Å². The highest BCUT2D eigenvalue weighted by Gasteiger charge is 2.13. The molecule has 0 bridgehead atoms. The molecular formula is C10H18N4O. The van der Waals surface area contributed by atoms with Crippen LogP contribution in [0.4, 0.5) is 0 Å². The number of carbonyl (C=O) groups is 1. The van der Waals surface area contributed by atoms with Crippen LogP contribution in [-0.4, -0.2) is 28.3 Å². The molecule has 1 rings (SSSR count). The number of nitrogens with zero attached hydrogens (tertiary/aromatic N) is 2. The Kier molecular flexibility index (Phi) is 4.30. The van der Waals surface area contributed by atoms with Gasteiger partial charge in [0.25, 0.3) is 0 Å². The number of nitrogens with one attached hydrogen (secondary N) is 1. The van der Waals surface area contributed by atoms with Gasteiger partial charge in [0.15, 0.2) is 0 Å². The van der Waals surface area contributed by atoms with Gasteiger partial charge in [0.2, 0.25) is 5.91 Å². The van der Waals surface area contributed by atoms with Crippen molar-refractivity contribution in [3.8, 4) is 0 Å². The molecule has 0 aliphatic carbocycles. The number of amides is 1. The molecule has 0 saturated heterocycles. The van der Waals surface area contributed by atoms with Gasteiger partial charge in [-0.2, -0.15) is 5.10 Å². The monoisotopic (exact) mass is 210 g/mol. The summed E-state index contributed by atoms with van der Waals surface area (Å²) in [4.78, 5) is 10.5. The largest absolute Gasteiger partial charge is 0.370 e. The Bertz CT molecular complexity index is 296. The van der Waals surface area contributed by atoms with Crippen molar-refractivity contribution in [2.45, 2.75) is 32.4 Å². The normalized spacial score (nSPS) is 14.8. The summed E-state index contributed by atoms with van der Waals surface area (Å²) in [6.45, 7) is 4.75. The summed E-state index contributed by atoms with van der Waals surface area (Å²) in [7, 11) is 0. The van der Waals surface area contributed by atoms with E-state index in [4.69, 9.17) is 5.73 Å². The van der Waals surface area contributed by atoms with Crippen LogP contribution in [-0.2, 0) is 4.79 Å². The van der Waals surface area contributed by atoms with Crippen molar-refractivity contribution in [2.24, 2.45) is 5.73 Å². The first kappa shape index (κ1) is 11.7. The molecule has 0 fully saturated rings. The quantitative estimate of drug-likeness (QED) is 0.709. The highest BCUT2D eigenvalue weighted by Crippen LogP contribution is 2.08. The molecule has 1 aromatic heterocycles. The van der Waals surface area contributed by atoms with E-state index in [1.807, 2.05) is 16.9 Å². The first-order chi connectivity index (χ1) is 7.11. The van der Waals surface area contributed by atoms with E-state index in [-0.39, 0.29) is 18.0 Å². The zero-order valence-electron chi connectivity index (χ0n) is 9.18. The van der Waals surface area contributed by atoms with Gasteiger partial charge in [-0.05, 0) is 19.9 Å². The summed E-state index contributed by atoms with van der Waals surface area (Å²) in [6, 6.07) is 2.41. The van der Waals surface area contributed by atoms with E-state index >= 15 is 0 Å². The predicted molar refractivity (Wildman–Crippen MR) is 58.2 cm³/mol. The predicted octanol–water partition coefficient (Wildman–Crippen LogP) is 0.298. The number of rotatable bonds is 6. The third-order valence-electron chi connectivity index (χ3n) is 2.50. The fraction of sp³-hybridized carbons (Fsp3) is 0.600. The van der Waals surface area contributed by atoms with Crippen molar-refractivity contribution in [2.75, 3.05) is 6.54 Å². The minimum atomic E-state index is -0.276. The van der Waals surface area contributed by atoms with Crippen molar-refractivity contribution in [1.29, 1.82) is 0 Å². The Morgan fingerprint density at radius 1 is 1.60 bits per heavy atom. The average molecular weight is 210 g/mol. The molecule has 0 aliphatic rings. The zero-order valence-corrected chi connectivity index (χ0v) is 9.18. The molecule has 1 aromatic rings. The molecule has 84 valence electrons. The zero-order chi connectivity index (χ0) is 11.3. The summed E-state index contributed by atoms with van der Waals surface area (Å²) in [5.41, 5.74) is 5.05. The van der Waals surface area contributed by atoms with Gasteiger partial charge in [-0.15, -0.1) is 0 Å². The first-order valence-corrected chi connectivity index (χ1v) is 5.12. The van der Waals surface area contributed by atoms with Crippen LogP contribution in [0.2, 0.25) is 0 Å². The molecule has 0 radical (unpaired) electrons. The Morgan fingerprint density at radius 2 is 2.33 bits per heavy atom. The highest BCUT2D eigenvalue weighted by atomic mass is 16.1. The van der Waals surface area contributed by atoms with E-state index in [0.29, 0.717) is 13.0 Å². The highest BCUT2D eigenvalue weighted by molar-refractivity contribution is 5.73. The minimum absolute atomic E-state index is 0.254. The van der Waals surface area contributed by atoms with Crippen LogP contribution in [0.1, 0.15) is 26.3 Å². The lowest BCUT2D eigenvalue weighted by Crippen LogP contribution is -2.35. The molecule has 1 heterocycles. The Labute approximate surface area is 89.6 Å².